The number of hydrogen-bond donors (Lipinski definition) is 3. The van der Waals surface area contributed by atoms with Crippen LogP contribution in [0.1, 0.15) is 19.3 Å². The second kappa shape index (κ2) is 7.85. The van der Waals surface area contributed by atoms with Crippen molar-refractivity contribution in [3.8, 4) is 0 Å². The highest BCUT2D eigenvalue weighted by molar-refractivity contribution is 7.90. The van der Waals surface area contributed by atoms with E-state index < -0.39 is 15.7 Å². The van der Waals surface area contributed by atoms with Gasteiger partial charge in [0.2, 0.25) is 5.95 Å². The van der Waals surface area contributed by atoms with E-state index in [0.29, 0.717) is 17.6 Å². The molecule has 0 radical (unpaired) electrons. The van der Waals surface area contributed by atoms with Crippen LogP contribution < -0.4 is 21.1 Å². The molecule has 29 heavy (non-hydrogen) atoms. The maximum Gasteiger partial charge on any atom is 0.229 e. The van der Waals surface area contributed by atoms with Gasteiger partial charge in [0.1, 0.15) is 0 Å². The van der Waals surface area contributed by atoms with Crippen molar-refractivity contribution in [3.63, 3.8) is 0 Å². The summed E-state index contributed by atoms with van der Waals surface area (Å²) >= 11 is 0. The molecule has 2 aromatic rings. The minimum absolute atomic E-state index is 0.169. The Morgan fingerprint density at radius 3 is 2.93 bits per heavy atom. The number of aromatic nitrogens is 2. The van der Waals surface area contributed by atoms with Gasteiger partial charge >= 0.3 is 0 Å². The van der Waals surface area contributed by atoms with Crippen molar-refractivity contribution in [1.29, 1.82) is 0 Å². The van der Waals surface area contributed by atoms with E-state index in [4.69, 9.17) is 0 Å². The first-order chi connectivity index (χ1) is 13.8. The lowest BCUT2D eigenvalue weighted by atomic mass is 9.81. The van der Waals surface area contributed by atoms with Crippen LogP contribution in [0.5, 0.6) is 0 Å². The predicted octanol–water partition coefficient (Wildman–Crippen LogP) is 1.84. The summed E-state index contributed by atoms with van der Waals surface area (Å²) in [6.07, 6.45) is 5.45. The minimum Gasteiger partial charge on any atom is -0.354 e. The van der Waals surface area contributed by atoms with Gasteiger partial charge in [-0.1, -0.05) is 6.07 Å². The van der Waals surface area contributed by atoms with Crippen LogP contribution in [-0.4, -0.2) is 50.3 Å². The number of hydrazine groups is 1. The van der Waals surface area contributed by atoms with Crippen molar-refractivity contribution in [2.75, 3.05) is 30.1 Å². The van der Waals surface area contributed by atoms with Crippen LogP contribution in [-0.2, 0) is 9.84 Å². The Labute approximate surface area is 169 Å². The molecule has 1 aromatic carbocycles. The van der Waals surface area contributed by atoms with Crippen LogP contribution in [0.2, 0.25) is 0 Å². The van der Waals surface area contributed by atoms with Crippen LogP contribution in [0, 0.1) is 11.7 Å². The fourth-order valence-electron chi connectivity index (χ4n) is 4.25. The minimum atomic E-state index is -3.33. The maximum atomic E-state index is 14.6. The summed E-state index contributed by atoms with van der Waals surface area (Å²) in [5, 5.41) is 2.98. The average molecular weight is 421 g/mol. The predicted molar refractivity (Wildman–Crippen MR) is 109 cm³/mol. The number of rotatable bonds is 5. The number of anilines is 3. The van der Waals surface area contributed by atoms with Gasteiger partial charge in [0.25, 0.3) is 0 Å². The third-order valence-corrected chi connectivity index (χ3v) is 6.84. The number of nitrogens with one attached hydrogen (secondary N) is 3. The Morgan fingerprint density at radius 2 is 2.14 bits per heavy atom. The van der Waals surface area contributed by atoms with Gasteiger partial charge in [-0.05, 0) is 37.5 Å². The molecule has 0 bridgehead atoms. The number of fused-ring (bicyclic) bond motifs is 1. The van der Waals surface area contributed by atoms with Gasteiger partial charge in [-0.2, -0.15) is 4.98 Å². The number of sulfone groups is 1. The van der Waals surface area contributed by atoms with Gasteiger partial charge in [-0.15, -0.1) is 0 Å². The average Bonchev–Trinajstić information content (AvgIpc) is 3.17. The summed E-state index contributed by atoms with van der Waals surface area (Å²) in [6, 6.07) is 6.94. The molecule has 0 amide bonds. The van der Waals surface area contributed by atoms with E-state index in [1.54, 1.807) is 12.1 Å². The molecule has 1 saturated carbocycles. The van der Waals surface area contributed by atoms with E-state index in [1.165, 1.54) is 12.1 Å². The molecule has 3 unspecified atom stereocenters. The Bertz CT molecular complexity index is 1000. The second-order valence-electron chi connectivity index (χ2n) is 7.69. The monoisotopic (exact) mass is 420 g/mol. The second-order valence-corrected chi connectivity index (χ2v) is 9.71. The summed E-state index contributed by atoms with van der Waals surface area (Å²) in [7, 11) is -1.46. The van der Waals surface area contributed by atoms with E-state index in [2.05, 4.69) is 26.1 Å². The molecule has 1 aromatic heterocycles. The van der Waals surface area contributed by atoms with E-state index in [1.807, 2.05) is 11.9 Å². The fraction of sp³-hybridized carbons (Fsp3) is 0.474. The molecular formula is C19H25FN6O2S. The van der Waals surface area contributed by atoms with E-state index in [9.17, 15) is 12.8 Å². The molecular weight excluding hydrogens is 395 g/mol. The highest BCUT2D eigenvalue weighted by atomic mass is 32.2. The third-order valence-electron chi connectivity index (χ3n) is 5.73. The molecule has 3 atom stereocenters. The standard InChI is InChI=1S/C19H25FN6O2S/c1-26(17-8-4-7-16-14(17)10-22-25-16)18-15(20)11-21-19(24-18)23-12-5-3-6-13(9-12)29(2,27)28/h3,5-6,9,11,14,16-17,22,25H,4,7-8,10H2,1-2H3,(H,21,23,24). The Balaban J connectivity index is 1.58. The molecule has 156 valence electrons. The Morgan fingerprint density at radius 1 is 1.31 bits per heavy atom. The molecule has 0 spiro atoms. The van der Waals surface area contributed by atoms with Gasteiger partial charge in [-0.25, -0.2) is 17.8 Å². The molecule has 4 rings (SSSR count). The summed E-state index contributed by atoms with van der Waals surface area (Å²) in [4.78, 5) is 10.5. The van der Waals surface area contributed by atoms with Crippen molar-refractivity contribution in [2.45, 2.75) is 36.2 Å². The molecule has 1 aliphatic carbocycles. The fourth-order valence-corrected chi connectivity index (χ4v) is 4.91. The van der Waals surface area contributed by atoms with Crippen molar-refractivity contribution < 1.29 is 12.8 Å². The molecule has 2 aliphatic rings. The lowest BCUT2D eigenvalue weighted by molar-refractivity contribution is 0.283. The Kier molecular flexibility index (Phi) is 5.41. The topological polar surface area (TPSA) is 99.2 Å². The van der Waals surface area contributed by atoms with E-state index in [0.717, 1.165) is 38.3 Å². The van der Waals surface area contributed by atoms with Gasteiger partial charge in [0.05, 0.1) is 11.1 Å². The lowest BCUT2D eigenvalue weighted by Crippen LogP contribution is -2.47. The van der Waals surface area contributed by atoms with Crippen molar-refractivity contribution in [2.24, 2.45) is 5.92 Å². The SMILES string of the molecule is CN(c1nc(Nc2cccc(S(C)(=O)=O)c2)ncc1F)C1CCCC2NNCC21. The number of benzene rings is 1. The van der Waals surface area contributed by atoms with Gasteiger partial charge in [0, 0.05) is 43.5 Å². The summed E-state index contributed by atoms with van der Waals surface area (Å²) in [6.45, 7) is 0.843. The van der Waals surface area contributed by atoms with Gasteiger partial charge < -0.3 is 10.2 Å². The number of hydrogen-bond acceptors (Lipinski definition) is 8. The number of nitrogens with zero attached hydrogens (tertiary/aromatic N) is 3. The van der Waals surface area contributed by atoms with Crippen molar-refractivity contribution in [3.05, 3.63) is 36.3 Å². The quantitative estimate of drug-likeness (QED) is 0.674. The van der Waals surface area contributed by atoms with Crippen LogP contribution in [0.3, 0.4) is 0 Å². The smallest absolute Gasteiger partial charge is 0.229 e. The van der Waals surface area contributed by atoms with Gasteiger partial charge in [0.15, 0.2) is 21.5 Å². The molecule has 3 N–H and O–H groups in total. The maximum absolute atomic E-state index is 14.6. The highest BCUT2D eigenvalue weighted by Gasteiger charge is 2.39. The molecule has 1 aliphatic heterocycles. The first-order valence-corrected chi connectivity index (χ1v) is 11.5. The molecule has 1 saturated heterocycles. The van der Waals surface area contributed by atoms with Crippen molar-refractivity contribution in [1.82, 2.24) is 20.8 Å². The molecule has 2 heterocycles. The van der Waals surface area contributed by atoms with E-state index in [-0.39, 0.29) is 22.7 Å². The molecule has 10 heteroatoms. The normalized spacial score (nSPS) is 24.2. The summed E-state index contributed by atoms with van der Waals surface area (Å²) in [5.41, 5.74) is 7.04. The van der Waals surface area contributed by atoms with Crippen molar-refractivity contribution >= 4 is 27.3 Å². The molecule has 8 nitrogen and oxygen atoms in total. The summed E-state index contributed by atoms with van der Waals surface area (Å²) in [5.74, 6) is 0.350. The lowest BCUT2D eigenvalue weighted by Gasteiger charge is -2.39. The number of halogens is 1. The zero-order valence-electron chi connectivity index (χ0n) is 16.4. The highest BCUT2D eigenvalue weighted by Crippen LogP contribution is 2.33. The first-order valence-electron chi connectivity index (χ1n) is 9.64. The summed E-state index contributed by atoms with van der Waals surface area (Å²) < 4.78 is 38.1. The zero-order chi connectivity index (χ0) is 20.6. The zero-order valence-corrected chi connectivity index (χ0v) is 17.2. The van der Waals surface area contributed by atoms with Crippen LogP contribution in [0.25, 0.3) is 0 Å². The van der Waals surface area contributed by atoms with Crippen LogP contribution >= 0.6 is 0 Å². The largest absolute Gasteiger partial charge is 0.354 e. The first kappa shape index (κ1) is 20.0. The molecule has 2 fully saturated rings. The third kappa shape index (κ3) is 4.19. The van der Waals surface area contributed by atoms with Gasteiger partial charge in [-0.3, -0.25) is 10.9 Å². The van der Waals surface area contributed by atoms with Crippen LogP contribution in [0.15, 0.2) is 35.4 Å². The van der Waals surface area contributed by atoms with Crippen LogP contribution in [0.4, 0.5) is 21.8 Å². The Hall–Kier alpha value is -2.30. The van der Waals surface area contributed by atoms with E-state index >= 15 is 0 Å².